The molecular weight excluding hydrogens is 206 g/mol. The predicted octanol–water partition coefficient (Wildman–Crippen LogP) is -0.327. The number of hydrogen-bond acceptors (Lipinski definition) is 4. The predicted molar refractivity (Wildman–Crippen MR) is 59.5 cm³/mol. The third-order valence-corrected chi connectivity index (χ3v) is 2.97. The number of hydrogen-bond donors (Lipinski definition) is 1. The van der Waals surface area contributed by atoms with Crippen molar-refractivity contribution in [3.8, 4) is 6.07 Å². The molecule has 0 radical (unpaired) electrons. The molecule has 16 heavy (non-hydrogen) atoms. The molecule has 1 saturated heterocycles. The van der Waals surface area contributed by atoms with Gasteiger partial charge in [-0.05, 0) is 18.9 Å². The van der Waals surface area contributed by atoms with E-state index in [2.05, 4.69) is 4.90 Å². The average Bonchev–Trinajstić information content (AvgIpc) is 2.73. The van der Waals surface area contributed by atoms with Crippen LogP contribution in [0.25, 0.3) is 0 Å². The molecule has 1 aliphatic heterocycles. The zero-order chi connectivity index (χ0) is 12.0. The smallest absolute Gasteiger partial charge is 0.236 e. The molecule has 1 rings (SSSR count). The van der Waals surface area contributed by atoms with Crippen LogP contribution in [0.1, 0.15) is 12.8 Å². The van der Waals surface area contributed by atoms with E-state index in [1.165, 1.54) is 0 Å². The normalized spacial score (nSPS) is 20.7. The molecule has 5 nitrogen and oxygen atoms in total. The number of nitrogens with zero attached hydrogens (tertiary/aromatic N) is 3. The van der Waals surface area contributed by atoms with Gasteiger partial charge in [-0.1, -0.05) is 0 Å². The molecule has 1 aliphatic rings. The van der Waals surface area contributed by atoms with Gasteiger partial charge in [-0.2, -0.15) is 5.26 Å². The summed E-state index contributed by atoms with van der Waals surface area (Å²) in [6.45, 7) is 2.78. The fourth-order valence-electron chi connectivity index (χ4n) is 1.86. The Bertz CT molecular complexity index is 275. The summed E-state index contributed by atoms with van der Waals surface area (Å²) in [6, 6.07) is 2.02. The van der Waals surface area contributed by atoms with Crippen LogP contribution in [0.5, 0.6) is 0 Å². The minimum Gasteiger partial charge on any atom is -0.396 e. The van der Waals surface area contributed by atoms with Crippen molar-refractivity contribution in [3.63, 3.8) is 0 Å². The highest BCUT2D eigenvalue weighted by atomic mass is 16.3. The Morgan fingerprint density at radius 2 is 2.44 bits per heavy atom. The van der Waals surface area contributed by atoms with Gasteiger partial charge in [0, 0.05) is 26.7 Å². The van der Waals surface area contributed by atoms with E-state index in [9.17, 15) is 4.79 Å². The highest BCUT2D eigenvalue weighted by molar-refractivity contribution is 5.78. The molecule has 90 valence electrons. The maximum atomic E-state index is 11.7. The lowest BCUT2D eigenvalue weighted by Gasteiger charge is -2.20. The quantitative estimate of drug-likeness (QED) is 0.696. The van der Waals surface area contributed by atoms with Crippen LogP contribution in [-0.4, -0.2) is 60.6 Å². The van der Waals surface area contributed by atoms with E-state index in [0.29, 0.717) is 25.4 Å². The Hall–Kier alpha value is -1.12. The number of likely N-dealkylation sites (tertiary alicyclic amines) is 1. The Kier molecular flexibility index (Phi) is 5.23. The first kappa shape index (κ1) is 12.9. The molecule has 0 aliphatic carbocycles. The lowest BCUT2D eigenvalue weighted by molar-refractivity contribution is -0.130. The standard InChI is InChI=1S/C11H19N3O2/c1-13(5-2-4-12)11(16)8-14-6-3-10(7-14)9-15/h10,15H,2-3,5-9H2,1H3. The lowest BCUT2D eigenvalue weighted by atomic mass is 10.1. The summed E-state index contributed by atoms with van der Waals surface area (Å²) >= 11 is 0. The topological polar surface area (TPSA) is 67.6 Å². The number of aliphatic hydroxyl groups excluding tert-OH is 1. The van der Waals surface area contributed by atoms with Gasteiger partial charge in [-0.15, -0.1) is 0 Å². The van der Waals surface area contributed by atoms with Gasteiger partial charge in [-0.3, -0.25) is 9.69 Å². The maximum Gasteiger partial charge on any atom is 0.236 e. The first-order chi connectivity index (χ1) is 7.67. The zero-order valence-electron chi connectivity index (χ0n) is 9.72. The number of likely N-dealkylation sites (N-methyl/N-ethyl adjacent to an activating group) is 1. The highest BCUT2D eigenvalue weighted by Crippen LogP contribution is 2.14. The molecule has 1 atom stereocenters. The van der Waals surface area contributed by atoms with E-state index in [0.717, 1.165) is 19.5 Å². The number of carbonyl (C=O) groups is 1. The van der Waals surface area contributed by atoms with Crippen molar-refractivity contribution in [2.24, 2.45) is 5.92 Å². The van der Waals surface area contributed by atoms with Crippen molar-refractivity contribution in [2.45, 2.75) is 12.8 Å². The van der Waals surface area contributed by atoms with Gasteiger partial charge in [0.15, 0.2) is 0 Å². The Morgan fingerprint density at radius 1 is 1.69 bits per heavy atom. The van der Waals surface area contributed by atoms with Crippen molar-refractivity contribution in [1.82, 2.24) is 9.80 Å². The summed E-state index contributed by atoms with van der Waals surface area (Å²) in [5.74, 6) is 0.367. The number of aliphatic hydroxyl groups is 1. The number of rotatable bonds is 5. The van der Waals surface area contributed by atoms with Crippen molar-refractivity contribution < 1.29 is 9.90 Å². The minimum atomic E-state index is 0.0499. The van der Waals surface area contributed by atoms with Crippen LogP contribution in [0.2, 0.25) is 0 Å². The van der Waals surface area contributed by atoms with Crippen molar-refractivity contribution >= 4 is 5.91 Å². The van der Waals surface area contributed by atoms with E-state index in [1.54, 1.807) is 11.9 Å². The second-order valence-corrected chi connectivity index (χ2v) is 4.30. The second kappa shape index (κ2) is 6.46. The molecule has 1 fully saturated rings. The van der Waals surface area contributed by atoms with Crippen molar-refractivity contribution in [3.05, 3.63) is 0 Å². The van der Waals surface area contributed by atoms with E-state index in [-0.39, 0.29) is 12.5 Å². The summed E-state index contributed by atoms with van der Waals surface area (Å²) in [4.78, 5) is 15.4. The molecule has 1 heterocycles. The molecule has 1 unspecified atom stereocenters. The van der Waals surface area contributed by atoms with Crippen LogP contribution in [0.4, 0.5) is 0 Å². The number of amides is 1. The maximum absolute atomic E-state index is 11.7. The summed E-state index contributed by atoms with van der Waals surface area (Å²) in [7, 11) is 1.72. The molecular formula is C11H19N3O2. The summed E-state index contributed by atoms with van der Waals surface area (Å²) in [6.07, 6.45) is 1.34. The van der Waals surface area contributed by atoms with Gasteiger partial charge in [-0.25, -0.2) is 0 Å². The van der Waals surface area contributed by atoms with Gasteiger partial charge in [0.25, 0.3) is 0 Å². The van der Waals surface area contributed by atoms with Gasteiger partial charge in [0.05, 0.1) is 19.0 Å². The fraction of sp³-hybridized carbons (Fsp3) is 0.818. The van der Waals surface area contributed by atoms with E-state index in [4.69, 9.17) is 10.4 Å². The molecule has 0 aromatic rings. The molecule has 0 spiro atoms. The van der Waals surface area contributed by atoms with Crippen molar-refractivity contribution in [1.29, 1.82) is 5.26 Å². The summed E-state index contributed by atoms with van der Waals surface area (Å²) < 4.78 is 0. The highest BCUT2D eigenvalue weighted by Gasteiger charge is 2.24. The van der Waals surface area contributed by atoms with Crippen LogP contribution < -0.4 is 0 Å². The summed E-state index contributed by atoms with van der Waals surface area (Å²) in [5, 5.41) is 17.4. The van der Waals surface area contributed by atoms with Gasteiger partial charge >= 0.3 is 0 Å². The first-order valence-corrected chi connectivity index (χ1v) is 5.61. The largest absolute Gasteiger partial charge is 0.396 e. The third kappa shape index (κ3) is 3.80. The van der Waals surface area contributed by atoms with Crippen LogP contribution in [0.15, 0.2) is 0 Å². The van der Waals surface area contributed by atoms with Gasteiger partial charge in [0.2, 0.25) is 5.91 Å². The van der Waals surface area contributed by atoms with E-state index >= 15 is 0 Å². The third-order valence-electron chi connectivity index (χ3n) is 2.97. The Balaban J connectivity index is 2.27. The molecule has 0 bridgehead atoms. The average molecular weight is 225 g/mol. The van der Waals surface area contributed by atoms with Crippen LogP contribution in [0, 0.1) is 17.2 Å². The fourth-order valence-corrected chi connectivity index (χ4v) is 1.86. The SMILES string of the molecule is CN(CCC#N)C(=O)CN1CCC(CO)C1. The van der Waals surface area contributed by atoms with Crippen molar-refractivity contribution in [2.75, 3.05) is 39.8 Å². The van der Waals surface area contributed by atoms with E-state index < -0.39 is 0 Å². The Labute approximate surface area is 96.3 Å². The van der Waals surface area contributed by atoms with E-state index in [1.807, 2.05) is 6.07 Å². The monoisotopic (exact) mass is 225 g/mol. The van der Waals surface area contributed by atoms with Crippen LogP contribution >= 0.6 is 0 Å². The molecule has 0 saturated carbocycles. The van der Waals surface area contributed by atoms with Gasteiger partial charge in [0.1, 0.15) is 0 Å². The van der Waals surface area contributed by atoms with Gasteiger partial charge < -0.3 is 10.0 Å². The zero-order valence-corrected chi connectivity index (χ0v) is 9.72. The lowest BCUT2D eigenvalue weighted by Crippen LogP contribution is -2.37. The molecule has 1 amide bonds. The van der Waals surface area contributed by atoms with Crippen LogP contribution in [0.3, 0.4) is 0 Å². The first-order valence-electron chi connectivity index (χ1n) is 5.61. The minimum absolute atomic E-state index is 0.0499. The summed E-state index contributed by atoms with van der Waals surface area (Å²) in [5.41, 5.74) is 0. The molecule has 1 N–H and O–H groups in total. The van der Waals surface area contributed by atoms with Crippen LogP contribution in [-0.2, 0) is 4.79 Å². The molecule has 0 aromatic carbocycles. The molecule has 0 aromatic heterocycles. The number of nitriles is 1. The second-order valence-electron chi connectivity index (χ2n) is 4.30. The number of carbonyl (C=O) groups excluding carboxylic acids is 1. The Morgan fingerprint density at radius 3 is 3.00 bits per heavy atom. The molecule has 5 heteroatoms.